The number of nitrogens with zero attached hydrogens (tertiary/aromatic N) is 1. The molecule has 2 aliphatic rings. The Labute approximate surface area is 159 Å². The van der Waals surface area contributed by atoms with Crippen LogP contribution in [0.1, 0.15) is 38.2 Å². The number of hydrogen-bond acceptors (Lipinski definition) is 4. The lowest BCUT2D eigenvalue weighted by Crippen LogP contribution is -2.39. The Morgan fingerprint density at radius 3 is 2.84 bits per heavy atom. The Morgan fingerprint density at radius 2 is 2.12 bits per heavy atom. The minimum Gasteiger partial charge on any atom is -0.493 e. The predicted octanol–water partition coefficient (Wildman–Crippen LogP) is 4.19. The van der Waals surface area contributed by atoms with E-state index >= 15 is 0 Å². The first-order valence-corrected chi connectivity index (χ1v) is 10.1. The summed E-state index contributed by atoms with van der Waals surface area (Å²) < 4.78 is 12.1. The highest BCUT2D eigenvalue weighted by atomic mass is 79.9. The van der Waals surface area contributed by atoms with Crippen LogP contribution in [0.15, 0.2) is 22.7 Å². The molecule has 1 spiro atoms. The van der Waals surface area contributed by atoms with Gasteiger partial charge in [0.1, 0.15) is 5.75 Å². The summed E-state index contributed by atoms with van der Waals surface area (Å²) in [7, 11) is 0. The second kappa shape index (κ2) is 8.09. The molecule has 1 saturated heterocycles. The molecule has 0 N–H and O–H groups in total. The van der Waals surface area contributed by atoms with Crippen LogP contribution in [-0.2, 0) is 9.53 Å². The lowest BCUT2D eigenvalue weighted by molar-refractivity contribution is -0.144. The minimum absolute atomic E-state index is 0.0939. The summed E-state index contributed by atoms with van der Waals surface area (Å²) in [5.41, 5.74) is 1.68. The van der Waals surface area contributed by atoms with E-state index in [1.807, 2.05) is 25.1 Å². The van der Waals surface area contributed by atoms with Gasteiger partial charge in [0.05, 0.1) is 19.8 Å². The maximum absolute atomic E-state index is 11.6. The molecule has 0 radical (unpaired) electrons. The van der Waals surface area contributed by atoms with Crippen LogP contribution >= 0.6 is 15.9 Å². The summed E-state index contributed by atoms with van der Waals surface area (Å²) in [6, 6.07) is 6.10. The largest absolute Gasteiger partial charge is 0.493 e. The summed E-state index contributed by atoms with van der Waals surface area (Å²) in [5.74, 6) is 1.67. The van der Waals surface area contributed by atoms with Crippen LogP contribution in [0.3, 0.4) is 0 Å². The van der Waals surface area contributed by atoms with E-state index in [2.05, 4.69) is 27.8 Å². The fourth-order valence-electron chi connectivity index (χ4n) is 4.05. The van der Waals surface area contributed by atoms with Crippen molar-refractivity contribution in [2.75, 3.05) is 32.8 Å². The van der Waals surface area contributed by atoms with Gasteiger partial charge in [-0.15, -0.1) is 0 Å². The fraction of sp³-hybridized carbons (Fsp3) is 0.650. The quantitative estimate of drug-likeness (QED) is 0.632. The van der Waals surface area contributed by atoms with Crippen molar-refractivity contribution in [3.05, 3.63) is 28.2 Å². The zero-order valence-electron chi connectivity index (χ0n) is 15.2. The van der Waals surface area contributed by atoms with Gasteiger partial charge >= 0.3 is 5.97 Å². The van der Waals surface area contributed by atoms with E-state index in [-0.39, 0.29) is 5.97 Å². The van der Waals surface area contributed by atoms with Crippen LogP contribution < -0.4 is 4.74 Å². The van der Waals surface area contributed by atoms with Gasteiger partial charge in [-0.3, -0.25) is 9.69 Å². The Bertz CT molecular complexity index is 611. The van der Waals surface area contributed by atoms with Crippen LogP contribution in [-0.4, -0.2) is 43.7 Å². The lowest BCUT2D eigenvalue weighted by Gasteiger charge is -2.32. The lowest BCUT2D eigenvalue weighted by atomic mass is 9.90. The van der Waals surface area contributed by atoms with Crippen molar-refractivity contribution in [2.45, 2.75) is 39.5 Å². The molecule has 1 aromatic rings. The summed E-state index contributed by atoms with van der Waals surface area (Å²) in [6.45, 7) is 7.67. The zero-order valence-corrected chi connectivity index (χ0v) is 16.8. The normalized spacial score (nSPS) is 22.0. The summed E-state index contributed by atoms with van der Waals surface area (Å²) >= 11 is 3.55. The monoisotopic (exact) mass is 409 g/mol. The van der Waals surface area contributed by atoms with Gasteiger partial charge in [0.15, 0.2) is 0 Å². The van der Waals surface area contributed by atoms with Crippen molar-refractivity contribution in [1.29, 1.82) is 0 Å². The molecule has 25 heavy (non-hydrogen) atoms. The van der Waals surface area contributed by atoms with E-state index < -0.39 is 0 Å². The number of ether oxygens (including phenoxy) is 2. The number of likely N-dealkylation sites (tertiary alicyclic amines) is 1. The van der Waals surface area contributed by atoms with E-state index in [9.17, 15) is 4.79 Å². The molecule has 1 aliphatic carbocycles. The van der Waals surface area contributed by atoms with Crippen molar-refractivity contribution < 1.29 is 14.3 Å². The minimum atomic E-state index is -0.0939. The molecule has 2 fully saturated rings. The van der Waals surface area contributed by atoms with Crippen LogP contribution in [0.2, 0.25) is 0 Å². The molecular formula is C20H28BrNO3. The molecule has 0 bridgehead atoms. The van der Waals surface area contributed by atoms with Crippen molar-refractivity contribution in [1.82, 2.24) is 4.90 Å². The SMILES string of the molecule is CCOC(=O)CN1CCC2(CC1)C[C@@H]2CCOc1cccc(Br)c1C. The molecule has 138 valence electrons. The summed E-state index contributed by atoms with van der Waals surface area (Å²) in [5, 5.41) is 0. The topological polar surface area (TPSA) is 38.8 Å². The van der Waals surface area contributed by atoms with Gasteiger partial charge in [0.2, 0.25) is 0 Å². The molecule has 3 rings (SSSR count). The number of halogens is 1. The third-order valence-corrected chi connectivity index (χ3v) is 6.67. The van der Waals surface area contributed by atoms with Crippen LogP contribution in [0.4, 0.5) is 0 Å². The predicted molar refractivity (Wildman–Crippen MR) is 102 cm³/mol. The van der Waals surface area contributed by atoms with Gasteiger partial charge < -0.3 is 9.47 Å². The molecule has 0 aromatic heterocycles. The van der Waals surface area contributed by atoms with Gasteiger partial charge in [0.25, 0.3) is 0 Å². The third-order valence-electron chi connectivity index (χ3n) is 5.81. The Hall–Kier alpha value is -1.07. The number of carbonyl (C=O) groups is 1. The van der Waals surface area contributed by atoms with E-state index in [1.165, 1.54) is 24.8 Å². The van der Waals surface area contributed by atoms with E-state index in [0.717, 1.165) is 42.3 Å². The molecule has 5 heteroatoms. The zero-order chi connectivity index (χ0) is 17.9. The molecule has 0 amide bonds. The van der Waals surface area contributed by atoms with Gasteiger partial charge in [-0.1, -0.05) is 22.0 Å². The maximum Gasteiger partial charge on any atom is 0.320 e. The number of carbonyl (C=O) groups excluding carboxylic acids is 1. The highest BCUT2D eigenvalue weighted by Crippen LogP contribution is 2.60. The molecule has 4 nitrogen and oxygen atoms in total. The third kappa shape index (κ3) is 4.56. The Morgan fingerprint density at radius 1 is 1.36 bits per heavy atom. The van der Waals surface area contributed by atoms with Crippen LogP contribution in [0, 0.1) is 18.3 Å². The highest BCUT2D eigenvalue weighted by molar-refractivity contribution is 9.10. The highest BCUT2D eigenvalue weighted by Gasteiger charge is 2.54. The number of piperidine rings is 1. The molecule has 1 aliphatic heterocycles. The van der Waals surface area contributed by atoms with Crippen LogP contribution in [0.5, 0.6) is 5.75 Å². The van der Waals surface area contributed by atoms with Gasteiger partial charge in [-0.25, -0.2) is 0 Å². The Balaban J connectivity index is 1.39. The standard InChI is InChI=1S/C20H28BrNO3/c1-3-24-19(23)14-22-10-8-20(9-11-22)13-16(20)7-12-25-18-6-4-5-17(21)15(18)2/h4-6,16H,3,7-14H2,1-2H3/t16-/m0/s1. The molecule has 1 saturated carbocycles. The molecule has 0 unspecified atom stereocenters. The molecular weight excluding hydrogens is 382 g/mol. The number of rotatable bonds is 7. The average Bonchev–Trinajstić information content (AvgIpc) is 3.26. The number of benzene rings is 1. The second-order valence-corrected chi connectivity index (χ2v) is 8.20. The Kier molecular flexibility index (Phi) is 6.05. The van der Waals surface area contributed by atoms with Crippen molar-refractivity contribution >= 4 is 21.9 Å². The van der Waals surface area contributed by atoms with Crippen molar-refractivity contribution in [3.8, 4) is 5.75 Å². The van der Waals surface area contributed by atoms with E-state index in [4.69, 9.17) is 9.47 Å². The smallest absolute Gasteiger partial charge is 0.320 e. The van der Waals surface area contributed by atoms with Gasteiger partial charge in [-0.2, -0.15) is 0 Å². The van der Waals surface area contributed by atoms with Crippen molar-refractivity contribution in [2.24, 2.45) is 11.3 Å². The molecule has 1 aromatic carbocycles. The first-order valence-electron chi connectivity index (χ1n) is 9.30. The summed E-state index contributed by atoms with van der Waals surface area (Å²) in [4.78, 5) is 13.8. The van der Waals surface area contributed by atoms with Crippen molar-refractivity contribution in [3.63, 3.8) is 0 Å². The van der Waals surface area contributed by atoms with E-state index in [0.29, 0.717) is 18.6 Å². The fourth-order valence-corrected chi connectivity index (χ4v) is 4.40. The average molecular weight is 410 g/mol. The van der Waals surface area contributed by atoms with Gasteiger partial charge in [0, 0.05) is 10.0 Å². The molecule has 1 atom stereocenters. The molecule has 1 heterocycles. The summed E-state index contributed by atoms with van der Waals surface area (Å²) in [6.07, 6.45) is 4.85. The van der Waals surface area contributed by atoms with E-state index in [1.54, 1.807) is 0 Å². The van der Waals surface area contributed by atoms with Gasteiger partial charge in [-0.05, 0) is 76.1 Å². The second-order valence-electron chi connectivity index (χ2n) is 7.34. The first kappa shape index (κ1) is 18.7. The number of hydrogen-bond donors (Lipinski definition) is 0. The number of esters is 1. The first-order chi connectivity index (χ1) is 12.0. The van der Waals surface area contributed by atoms with Crippen LogP contribution in [0.25, 0.3) is 0 Å². The maximum atomic E-state index is 11.6.